The van der Waals surface area contributed by atoms with Crippen LogP contribution in [0.5, 0.6) is 0 Å². The van der Waals surface area contributed by atoms with Crippen molar-refractivity contribution in [1.82, 2.24) is 0 Å². The van der Waals surface area contributed by atoms with Crippen LogP contribution in [0.15, 0.2) is 23.1 Å². The van der Waals surface area contributed by atoms with Crippen molar-refractivity contribution >= 4 is 15.7 Å². The Hall–Kier alpha value is -1.14. The monoisotopic (exact) mass is 288 g/mol. The van der Waals surface area contributed by atoms with E-state index in [0.717, 1.165) is 6.07 Å². The highest BCUT2D eigenvalue weighted by atomic mass is 32.2. The van der Waals surface area contributed by atoms with E-state index in [1.54, 1.807) is 0 Å². The Labute approximate surface area is 114 Å². The van der Waals surface area contributed by atoms with Gasteiger partial charge in [-0.3, -0.25) is 0 Å². The van der Waals surface area contributed by atoms with E-state index in [0.29, 0.717) is 12.5 Å². The average molecular weight is 288 g/mol. The number of sulfonamides is 1. The molecule has 0 fully saturated rings. The third kappa shape index (κ3) is 4.47. The molecule has 0 heterocycles. The van der Waals surface area contributed by atoms with Crippen LogP contribution in [-0.2, 0) is 10.0 Å². The molecule has 0 saturated carbocycles. The van der Waals surface area contributed by atoms with Crippen LogP contribution in [0.2, 0.25) is 0 Å². The van der Waals surface area contributed by atoms with Gasteiger partial charge in [0.2, 0.25) is 10.0 Å². The van der Waals surface area contributed by atoms with Crippen molar-refractivity contribution in [1.29, 1.82) is 0 Å². The second kappa shape index (κ2) is 5.46. The van der Waals surface area contributed by atoms with Crippen LogP contribution < -0.4 is 10.5 Å². The zero-order valence-corrected chi connectivity index (χ0v) is 12.5. The molecule has 0 spiro atoms. The van der Waals surface area contributed by atoms with Crippen molar-refractivity contribution in [3.8, 4) is 0 Å². The van der Waals surface area contributed by atoms with E-state index in [-0.39, 0.29) is 16.0 Å². The molecular weight excluding hydrogens is 267 g/mol. The molecule has 0 aliphatic carbocycles. The first-order valence-electron chi connectivity index (χ1n) is 6.08. The molecule has 6 heteroatoms. The fourth-order valence-corrected chi connectivity index (χ4v) is 1.91. The van der Waals surface area contributed by atoms with E-state index in [2.05, 4.69) is 33.0 Å². The largest absolute Gasteiger partial charge is 0.382 e. The first kappa shape index (κ1) is 15.9. The minimum Gasteiger partial charge on any atom is -0.382 e. The number of hydrogen-bond donors (Lipinski definition) is 2. The molecule has 0 aliphatic rings. The summed E-state index contributed by atoms with van der Waals surface area (Å²) < 4.78 is 35.9. The number of rotatable bonds is 4. The Kier molecular flexibility index (Phi) is 4.58. The van der Waals surface area contributed by atoms with Crippen LogP contribution in [0.1, 0.15) is 27.7 Å². The molecule has 1 aromatic carbocycles. The minimum atomic E-state index is -3.86. The van der Waals surface area contributed by atoms with Gasteiger partial charge in [-0.15, -0.1) is 0 Å². The maximum absolute atomic E-state index is 13.7. The van der Waals surface area contributed by atoms with Gasteiger partial charge < -0.3 is 5.32 Å². The Morgan fingerprint density at radius 3 is 2.37 bits per heavy atom. The molecule has 0 aliphatic heterocycles. The van der Waals surface area contributed by atoms with Crippen LogP contribution in [0, 0.1) is 17.2 Å². The number of nitrogens with one attached hydrogen (secondary N) is 1. The topological polar surface area (TPSA) is 72.2 Å². The van der Waals surface area contributed by atoms with Crippen LogP contribution in [-0.4, -0.2) is 15.0 Å². The third-order valence-corrected chi connectivity index (χ3v) is 4.26. The maximum atomic E-state index is 13.7. The van der Waals surface area contributed by atoms with Crippen LogP contribution in [0.25, 0.3) is 0 Å². The minimum absolute atomic E-state index is 0.115. The summed E-state index contributed by atoms with van der Waals surface area (Å²) in [4.78, 5) is -0.223. The van der Waals surface area contributed by atoms with Crippen molar-refractivity contribution < 1.29 is 12.8 Å². The molecule has 0 amide bonds. The molecular formula is C13H21FN2O2S. The van der Waals surface area contributed by atoms with Gasteiger partial charge in [-0.1, -0.05) is 27.7 Å². The van der Waals surface area contributed by atoms with E-state index >= 15 is 0 Å². The van der Waals surface area contributed by atoms with Gasteiger partial charge in [0.05, 0.1) is 10.6 Å². The Balaban J connectivity index is 2.82. The second-order valence-electron chi connectivity index (χ2n) is 5.83. The van der Waals surface area contributed by atoms with Crippen molar-refractivity contribution in [3.05, 3.63) is 24.0 Å². The fraction of sp³-hybridized carbons (Fsp3) is 0.538. The van der Waals surface area contributed by atoms with Crippen molar-refractivity contribution in [3.63, 3.8) is 0 Å². The summed E-state index contributed by atoms with van der Waals surface area (Å²) in [5, 5.41) is 7.93. The number of primary sulfonamides is 1. The third-order valence-electron chi connectivity index (χ3n) is 3.35. The highest BCUT2D eigenvalue weighted by molar-refractivity contribution is 7.89. The Morgan fingerprint density at radius 2 is 1.95 bits per heavy atom. The summed E-state index contributed by atoms with van der Waals surface area (Å²) in [5.74, 6) is -0.280. The molecule has 0 aromatic heterocycles. The standard InChI is InChI=1S/C13H21FN2O2S/c1-9(13(2,3)4)8-16-12-6-5-10(7-11(12)14)19(15,17)18/h5-7,9,16H,8H2,1-4H3,(H2,15,17,18). The lowest BCUT2D eigenvalue weighted by Crippen LogP contribution is -2.25. The summed E-state index contributed by atoms with van der Waals surface area (Å²) in [6, 6.07) is 3.62. The highest BCUT2D eigenvalue weighted by Gasteiger charge is 2.20. The molecule has 1 rings (SSSR count). The molecule has 1 unspecified atom stereocenters. The maximum Gasteiger partial charge on any atom is 0.238 e. The summed E-state index contributed by atoms with van der Waals surface area (Å²) in [5.41, 5.74) is 0.396. The lowest BCUT2D eigenvalue weighted by atomic mass is 9.82. The van der Waals surface area contributed by atoms with Gasteiger partial charge in [0.15, 0.2) is 0 Å². The van der Waals surface area contributed by atoms with E-state index in [4.69, 9.17) is 5.14 Å². The van der Waals surface area contributed by atoms with Crippen LogP contribution in [0.3, 0.4) is 0 Å². The van der Waals surface area contributed by atoms with Gasteiger partial charge in [0.1, 0.15) is 5.82 Å². The van der Waals surface area contributed by atoms with Crippen LogP contribution >= 0.6 is 0 Å². The Bertz CT molecular complexity index is 550. The fourth-order valence-electron chi connectivity index (χ4n) is 1.39. The van der Waals surface area contributed by atoms with Gasteiger partial charge in [0, 0.05) is 6.54 Å². The number of benzene rings is 1. The molecule has 3 N–H and O–H groups in total. The van der Waals surface area contributed by atoms with Gasteiger partial charge >= 0.3 is 0 Å². The molecule has 4 nitrogen and oxygen atoms in total. The molecule has 0 bridgehead atoms. The first-order chi connectivity index (χ1) is 8.51. The SMILES string of the molecule is CC(CNc1ccc(S(N)(=O)=O)cc1F)C(C)(C)C. The summed E-state index contributed by atoms with van der Waals surface area (Å²) in [6.45, 7) is 9.01. The zero-order valence-electron chi connectivity index (χ0n) is 11.7. The highest BCUT2D eigenvalue weighted by Crippen LogP contribution is 2.26. The molecule has 108 valence electrons. The normalized spacial score (nSPS) is 14.2. The Morgan fingerprint density at radius 1 is 1.37 bits per heavy atom. The number of halogens is 1. The van der Waals surface area contributed by atoms with Crippen LogP contribution in [0.4, 0.5) is 10.1 Å². The molecule has 19 heavy (non-hydrogen) atoms. The van der Waals surface area contributed by atoms with Gasteiger partial charge in [-0.2, -0.15) is 0 Å². The van der Waals surface area contributed by atoms with Gasteiger partial charge in [0.25, 0.3) is 0 Å². The predicted molar refractivity (Wildman–Crippen MR) is 74.9 cm³/mol. The van der Waals surface area contributed by atoms with E-state index in [1.807, 2.05) is 0 Å². The van der Waals surface area contributed by atoms with Gasteiger partial charge in [-0.05, 0) is 29.5 Å². The average Bonchev–Trinajstić information content (AvgIpc) is 2.24. The van der Waals surface area contributed by atoms with Crippen molar-refractivity contribution in [2.45, 2.75) is 32.6 Å². The molecule has 0 saturated heterocycles. The summed E-state index contributed by atoms with van der Waals surface area (Å²) >= 11 is 0. The predicted octanol–water partition coefficient (Wildman–Crippen LogP) is 2.57. The quantitative estimate of drug-likeness (QED) is 0.894. The molecule has 0 radical (unpaired) electrons. The second-order valence-corrected chi connectivity index (χ2v) is 7.40. The lowest BCUT2D eigenvalue weighted by Gasteiger charge is -2.27. The summed E-state index contributed by atoms with van der Waals surface area (Å²) in [6.07, 6.45) is 0. The number of anilines is 1. The lowest BCUT2D eigenvalue weighted by molar-refractivity contribution is 0.274. The van der Waals surface area contributed by atoms with E-state index < -0.39 is 15.8 Å². The molecule has 1 aromatic rings. The zero-order chi connectivity index (χ0) is 14.8. The number of hydrogen-bond acceptors (Lipinski definition) is 3. The summed E-state index contributed by atoms with van der Waals surface area (Å²) in [7, 11) is -3.86. The number of nitrogens with two attached hydrogens (primary N) is 1. The van der Waals surface area contributed by atoms with E-state index in [9.17, 15) is 12.8 Å². The van der Waals surface area contributed by atoms with Gasteiger partial charge in [-0.25, -0.2) is 17.9 Å². The van der Waals surface area contributed by atoms with Crippen molar-refractivity contribution in [2.24, 2.45) is 16.5 Å². The van der Waals surface area contributed by atoms with Crippen molar-refractivity contribution in [2.75, 3.05) is 11.9 Å². The smallest absolute Gasteiger partial charge is 0.238 e. The molecule has 1 atom stereocenters. The van der Waals surface area contributed by atoms with E-state index in [1.165, 1.54) is 12.1 Å². The first-order valence-corrected chi connectivity index (χ1v) is 7.62.